The summed E-state index contributed by atoms with van der Waals surface area (Å²) in [6.07, 6.45) is 3.59. The number of nitrogens with zero attached hydrogens (tertiary/aromatic N) is 1. The maximum atomic E-state index is 5.98. The molecule has 1 fully saturated rings. The summed E-state index contributed by atoms with van der Waals surface area (Å²) < 4.78 is 5.63. The van der Waals surface area contributed by atoms with Crippen LogP contribution in [0.15, 0.2) is 0 Å². The van der Waals surface area contributed by atoms with Crippen molar-refractivity contribution in [2.45, 2.75) is 46.1 Å². The van der Waals surface area contributed by atoms with Crippen molar-refractivity contribution in [2.24, 2.45) is 11.1 Å². The Hall–Kier alpha value is -0.120. The maximum Gasteiger partial charge on any atom is 0.0546 e. The van der Waals surface area contributed by atoms with Gasteiger partial charge in [-0.15, -0.1) is 0 Å². The average molecular weight is 228 g/mol. The predicted octanol–water partition coefficient (Wildman–Crippen LogP) is 1.86. The molecule has 0 aromatic carbocycles. The summed E-state index contributed by atoms with van der Waals surface area (Å²) in [5.41, 5.74) is 6.18. The van der Waals surface area contributed by atoms with Crippen molar-refractivity contribution in [3.63, 3.8) is 0 Å². The molecular formula is C13H28N2O. The third-order valence-electron chi connectivity index (χ3n) is 3.62. The highest BCUT2D eigenvalue weighted by Gasteiger charge is 2.33. The van der Waals surface area contributed by atoms with Crippen molar-refractivity contribution in [1.29, 1.82) is 0 Å². The predicted molar refractivity (Wildman–Crippen MR) is 68.5 cm³/mol. The molecule has 3 heteroatoms. The van der Waals surface area contributed by atoms with E-state index in [-0.39, 0.29) is 5.41 Å². The number of hydrogen-bond acceptors (Lipinski definition) is 3. The lowest BCUT2D eigenvalue weighted by atomic mass is 9.81. The Balaban J connectivity index is 2.57. The van der Waals surface area contributed by atoms with Crippen LogP contribution in [0.3, 0.4) is 0 Å². The van der Waals surface area contributed by atoms with Crippen LogP contribution in [0.1, 0.15) is 40.0 Å². The van der Waals surface area contributed by atoms with Gasteiger partial charge in [-0.25, -0.2) is 0 Å². The van der Waals surface area contributed by atoms with E-state index >= 15 is 0 Å². The minimum atomic E-state index is 0.206. The Bertz CT molecular complexity index is 188. The van der Waals surface area contributed by atoms with Gasteiger partial charge in [-0.2, -0.15) is 0 Å². The molecule has 96 valence electrons. The molecule has 1 aliphatic rings. The fourth-order valence-corrected chi connectivity index (χ4v) is 2.50. The second-order valence-corrected chi connectivity index (χ2v) is 5.42. The zero-order valence-electron chi connectivity index (χ0n) is 11.2. The minimum Gasteiger partial charge on any atom is -0.381 e. The molecule has 1 aliphatic heterocycles. The fourth-order valence-electron chi connectivity index (χ4n) is 2.50. The summed E-state index contributed by atoms with van der Waals surface area (Å²) in [5, 5.41) is 0. The molecule has 0 aromatic rings. The van der Waals surface area contributed by atoms with Crippen molar-refractivity contribution in [2.75, 3.05) is 32.8 Å². The fraction of sp³-hybridized carbons (Fsp3) is 1.00. The van der Waals surface area contributed by atoms with Gasteiger partial charge in [0.2, 0.25) is 0 Å². The molecule has 0 bridgehead atoms. The Labute approximate surface area is 100 Å². The van der Waals surface area contributed by atoms with E-state index in [2.05, 4.69) is 25.7 Å². The summed E-state index contributed by atoms with van der Waals surface area (Å²) in [4.78, 5) is 2.54. The highest BCUT2D eigenvalue weighted by atomic mass is 16.5. The summed E-state index contributed by atoms with van der Waals surface area (Å²) in [7, 11) is 0. The normalized spacial score (nSPS) is 26.6. The number of ether oxygens (including phenoxy) is 1. The lowest BCUT2D eigenvalue weighted by Crippen LogP contribution is -2.49. The van der Waals surface area contributed by atoms with Gasteiger partial charge in [0.25, 0.3) is 0 Å². The molecule has 16 heavy (non-hydrogen) atoms. The van der Waals surface area contributed by atoms with Crippen molar-refractivity contribution in [1.82, 2.24) is 4.90 Å². The quantitative estimate of drug-likeness (QED) is 0.754. The number of rotatable bonds is 6. The highest BCUT2D eigenvalue weighted by molar-refractivity contribution is 4.86. The monoisotopic (exact) mass is 228 g/mol. The molecule has 0 amide bonds. The second kappa shape index (κ2) is 6.58. The second-order valence-electron chi connectivity index (χ2n) is 5.42. The van der Waals surface area contributed by atoms with Gasteiger partial charge < -0.3 is 15.4 Å². The molecule has 1 atom stereocenters. The molecule has 0 radical (unpaired) electrons. The van der Waals surface area contributed by atoms with E-state index in [9.17, 15) is 0 Å². The van der Waals surface area contributed by atoms with Crippen molar-refractivity contribution in [3.8, 4) is 0 Å². The topological polar surface area (TPSA) is 38.5 Å². The van der Waals surface area contributed by atoms with Gasteiger partial charge >= 0.3 is 0 Å². The van der Waals surface area contributed by atoms with Crippen LogP contribution in [0, 0.1) is 5.41 Å². The van der Waals surface area contributed by atoms with Crippen molar-refractivity contribution < 1.29 is 4.74 Å². The molecule has 0 aromatic heterocycles. The molecule has 1 heterocycles. The third kappa shape index (κ3) is 3.72. The first-order valence-electron chi connectivity index (χ1n) is 6.65. The van der Waals surface area contributed by atoms with E-state index in [1.807, 2.05) is 0 Å². The van der Waals surface area contributed by atoms with E-state index in [1.54, 1.807) is 0 Å². The van der Waals surface area contributed by atoms with Gasteiger partial charge in [-0.3, -0.25) is 0 Å². The van der Waals surface area contributed by atoms with E-state index in [0.717, 1.165) is 32.7 Å². The van der Waals surface area contributed by atoms with Gasteiger partial charge in [-0.05, 0) is 39.7 Å². The average Bonchev–Trinajstić information content (AvgIpc) is 2.29. The van der Waals surface area contributed by atoms with E-state index in [4.69, 9.17) is 10.5 Å². The van der Waals surface area contributed by atoms with Crippen LogP contribution in [0.2, 0.25) is 0 Å². The van der Waals surface area contributed by atoms with Crippen LogP contribution < -0.4 is 5.73 Å². The molecule has 0 spiro atoms. The van der Waals surface area contributed by atoms with Crippen LogP contribution in [-0.4, -0.2) is 43.8 Å². The summed E-state index contributed by atoms with van der Waals surface area (Å²) >= 11 is 0. The lowest BCUT2D eigenvalue weighted by Gasteiger charge is -2.41. The Morgan fingerprint density at radius 1 is 1.44 bits per heavy atom. The summed E-state index contributed by atoms with van der Waals surface area (Å²) in [6, 6.07) is 0.602. The van der Waals surface area contributed by atoms with Crippen LogP contribution in [0.4, 0.5) is 0 Å². The minimum absolute atomic E-state index is 0.206. The molecule has 0 aliphatic carbocycles. The Morgan fingerprint density at radius 2 is 2.19 bits per heavy atom. The molecule has 2 N–H and O–H groups in total. The van der Waals surface area contributed by atoms with Crippen LogP contribution in [0.5, 0.6) is 0 Å². The standard InChI is InChI=1S/C13H28N2O/c1-4-7-15(12(2)3)10-13(9-14)6-5-8-16-11-13/h12H,4-11,14H2,1-3H3. The molecule has 1 rings (SSSR count). The summed E-state index contributed by atoms with van der Waals surface area (Å²) in [5.74, 6) is 0. The smallest absolute Gasteiger partial charge is 0.0546 e. The molecule has 3 nitrogen and oxygen atoms in total. The first-order valence-corrected chi connectivity index (χ1v) is 6.65. The first-order chi connectivity index (χ1) is 7.63. The number of nitrogens with two attached hydrogens (primary N) is 1. The molecule has 1 unspecified atom stereocenters. The molecule has 0 saturated carbocycles. The van der Waals surface area contributed by atoms with Gasteiger partial charge in [0.1, 0.15) is 0 Å². The van der Waals surface area contributed by atoms with Crippen molar-refractivity contribution >= 4 is 0 Å². The lowest BCUT2D eigenvalue weighted by molar-refractivity contribution is -0.0265. The zero-order chi connectivity index (χ0) is 12.0. The maximum absolute atomic E-state index is 5.98. The van der Waals surface area contributed by atoms with E-state index in [1.165, 1.54) is 19.4 Å². The van der Waals surface area contributed by atoms with E-state index < -0.39 is 0 Å². The SMILES string of the molecule is CCCN(CC1(CN)CCCOC1)C(C)C. The molecule has 1 saturated heterocycles. The van der Waals surface area contributed by atoms with Gasteiger partial charge in [0.15, 0.2) is 0 Å². The largest absolute Gasteiger partial charge is 0.381 e. The van der Waals surface area contributed by atoms with Gasteiger partial charge in [0, 0.05) is 31.2 Å². The Morgan fingerprint density at radius 3 is 2.62 bits per heavy atom. The zero-order valence-corrected chi connectivity index (χ0v) is 11.2. The van der Waals surface area contributed by atoms with Gasteiger partial charge in [-0.1, -0.05) is 6.92 Å². The first kappa shape index (κ1) is 13.9. The van der Waals surface area contributed by atoms with Crippen molar-refractivity contribution in [3.05, 3.63) is 0 Å². The van der Waals surface area contributed by atoms with Crippen LogP contribution in [-0.2, 0) is 4.74 Å². The highest BCUT2D eigenvalue weighted by Crippen LogP contribution is 2.29. The molecular weight excluding hydrogens is 200 g/mol. The van der Waals surface area contributed by atoms with Crippen LogP contribution >= 0.6 is 0 Å². The Kier molecular flexibility index (Phi) is 5.73. The number of hydrogen-bond donors (Lipinski definition) is 1. The van der Waals surface area contributed by atoms with E-state index in [0.29, 0.717) is 6.04 Å². The van der Waals surface area contributed by atoms with Gasteiger partial charge in [0.05, 0.1) is 6.61 Å². The third-order valence-corrected chi connectivity index (χ3v) is 3.62. The van der Waals surface area contributed by atoms with Crippen LogP contribution in [0.25, 0.3) is 0 Å². The summed E-state index contributed by atoms with van der Waals surface area (Å²) in [6.45, 7) is 11.5.